The second-order valence-corrected chi connectivity index (χ2v) is 19.3. The Bertz CT molecular complexity index is 855. The van der Waals surface area contributed by atoms with Crippen molar-refractivity contribution < 1.29 is 13.9 Å². The third-order valence-electron chi connectivity index (χ3n) is 11.6. The van der Waals surface area contributed by atoms with Gasteiger partial charge in [0.2, 0.25) is 0 Å². The van der Waals surface area contributed by atoms with Crippen LogP contribution in [-0.2, 0) is 4.43 Å². The molecule has 4 aliphatic rings. The molecule has 0 aromatic heterocycles. The Balaban J connectivity index is 1.60. The van der Waals surface area contributed by atoms with Gasteiger partial charge in [-0.05, 0) is 110 Å². The minimum Gasteiger partial charge on any atom is -0.414 e. The van der Waals surface area contributed by atoms with Gasteiger partial charge in [0.15, 0.2) is 8.32 Å². The number of fused-ring (bicyclic) bond motifs is 5. The van der Waals surface area contributed by atoms with E-state index in [2.05, 4.69) is 60.7 Å². The van der Waals surface area contributed by atoms with Crippen molar-refractivity contribution in [3.05, 3.63) is 23.0 Å². The molecule has 0 aliphatic heterocycles. The summed E-state index contributed by atoms with van der Waals surface area (Å²) in [7, 11) is -1.77. The minimum atomic E-state index is -1.77. The lowest BCUT2D eigenvalue weighted by Gasteiger charge is -2.58. The molecule has 200 valence electrons. The molecule has 0 spiro atoms. The fourth-order valence-corrected chi connectivity index (χ4v) is 10.1. The lowest BCUT2D eigenvalue weighted by Crippen LogP contribution is -2.52. The number of hydrogen-bond donors (Lipinski definition) is 1. The van der Waals surface area contributed by atoms with Gasteiger partial charge in [-0.1, -0.05) is 66.0 Å². The van der Waals surface area contributed by atoms with E-state index in [-0.39, 0.29) is 21.7 Å². The van der Waals surface area contributed by atoms with Gasteiger partial charge in [-0.3, -0.25) is 0 Å². The van der Waals surface area contributed by atoms with Gasteiger partial charge < -0.3 is 9.53 Å². The van der Waals surface area contributed by atoms with Crippen molar-refractivity contribution in [2.75, 3.05) is 6.61 Å². The predicted octanol–water partition coefficient (Wildman–Crippen LogP) is 8.97. The summed E-state index contributed by atoms with van der Waals surface area (Å²) in [5, 5.41) is 9.94. The highest BCUT2D eigenvalue weighted by atomic mass is 28.4. The summed E-state index contributed by atoms with van der Waals surface area (Å²) in [6.07, 6.45) is 14.4. The van der Waals surface area contributed by atoms with Crippen LogP contribution in [0.2, 0.25) is 18.1 Å². The average molecular weight is 505 g/mol. The van der Waals surface area contributed by atoms with Crippen LogP contribution in [0, 0.1) is 34.5 Å². The Morgan fingerprint density at radius 3 is 2.46 bits per heavy atom. The Morgan fingerprint density at radius 2 is 1.83 bits per heavy atom. The average Bonchev–Trinajstić information content (AvgIpc) is 3.08. The third-order valence-corrected chi connectivity index (χ3v) is 16.2. The summed E-state index contributed by atoms with van der Waals surface area (Å²) < 4.78 is 21.9. The van der Waals surface area contributed by atoms with Crippen molar-refractivity contribution >= 4 is 8.32 Å². The fraction of sp³-hybridized carbons (Fsp3) is 0.871. The topological polar surface area (TPSA) is 29.5 Å². The van der Waals surface area contributed by atoms with Crippen LogP contribution in [0.1, 0.15) is 106 Å². The van der Waals surface area contributed by atoms with Crippen LogP contribution in [-0.4, -0.2) is 26.1 Å². The number of hydrogen-bond acceptors (Lipinski definition) is 2. The van der Waals surface area contributed by atoms with Crippen LogP contribution in [0.25, 0.3) is 0 Å². The summed E-state index contributed by atoms with van der Waals surface area (Å²) in [4.78, 5) is 0. The maximum Gasteiger partial charge on any atom is 0.192 e. The molecule has 4 aliphatic carbocycles. The second kappa shape index (κ2) is 9.69. The molecular formula is C31H53FO2Si. The smallest absolute Gasteiger partial charge is 0.192 e. The SMILES string of the molecule is CCCC[C@H]1CC(=C(F)CO)[C@@]2(C)CC[C@H]3[C@@H](CC=C4C[C@@H](O[Si](C)(C)C(C)(C)C)CC[C@@]43C)[C@H]12. The van der Waals surface area contributed by atoms with E-state index in [0.717, 1.165) is 31.3 Å². The minimum absolute atomic E-state index is 0.0727. The van der Waals surface area contributed by atoms with Crippen LogP contribution >= 0.6 is 0 Å². The van der Waals surface area contributed by atoms with Gasteiger partial charge in [-0.25, -0.2) is 4.39 Å². The second-order valence-electron chi connectivity index (χ2n) is 14.5. The molecule has 3 saturated carbocycles. The van der Waals surface area contributed by atoms with Crippen LogP contribution < -0.4 is 0 Å². The molecule has 0 aromatic rings. The Hall–Kier alpha value is -0.453. The molecule has 35 heavy (non-hydrogen) atoms. The molecule has 0 bridgehead atoms. The molecule has 7 atom stereocenters. The summed E-state index contributed by atoms with van der Waals surface area (Å²) in [5.74, 6) is 2.24. The van der Waals surface area contributed by atoms with Gasteiger partial charge in [0.25, 0.3) is 0 Å². The first-order chi connectivity index (χ1) is 16.3. The highest BCUT2D eigenvalue weighted by Gasteiger charge is 2.60. The Morgan fingerprint density at radius 1 is 1.14 bits per heavy atom. The number of halogens is 1. The maximum atomic E-state index is 15.0. The standard InChI is InChI=1S/C31H53FO2Si/c1-9-10-11-21-18-26(27(32)20-33)31(6)17-15-25-24(28(21)31)13-12-22-19-23(14-16-30(22,25)5)34-35(7,8)29(2,3)4/h12,21,23-25,28,33H,9-11,13-20H2,1-8H3/t21-,23-,24+,25-,28-,30-,31+/m0/s1. The zero-order chi connectivity index (χ0) is 25.8. The first-order valence-electron chi connectivity index (χ1n) is 14.6. The van der Waals surface area contributed by atoms with Gasteiger partial charge in [-0.15, -0.1) is 0 Å². The van der Waals surface area contributed by atoms with E-state index in [4.69, 9.17) is 4.43 Å². The van der Waals surface area contributed by atoms with Gasteiger partial charge in [-0.2, -0.15) is 0 Å². The number of aliphatic hydroxyl groups excluding tert-OH is 1. The first-order valence-corrected chi connectivity index (χ1v) is 17.6. The Kier molecular flexibility index (Phi) is 7.64. The molecule has 0 amide bonds. The van der Waals surface area contributed by atoms with Crippen LogP contribution in [0.5, 0.6) is 0 Å². The number of unbranched alkanes of at least 4 members (excludes halogenated alkanes) is 1. The van der Waals surface area contributed by atoms with Crippen molar-refractivity contribution in [2.45, 2.75) is 130 Å². The van der Waals surface area contributed by atoms with Crippen LogP contribution in [0.3, 0.4) is 0 Å². The predicted molar refractivity (Wildman–Crippen MR) is 147 cm³/mol. The number of rotatable bonds is 6. The molecule has 0 radical (unpaired) electrons. The zero-order valence-electron chi connectivity index (χ0n) is 24.0. The molecule has 2 nitrogen and oxygen atoms in total. The van der Waals surface area contributed by atoms with Gasteiger partial charge >= 0.3 is 0 Å². The monoisotopic (exact) mass is 504 g/mol. The van der Waals surface area contributed by atoms with E-state index >= 15 is 0 Å². The molecule has 4 rings (SSSR count). The molecule has 3 fully saturated rings. The van der Waals surface area contributed by atoms with Crippen molar-refractivity contribution in [2.24, 2.45) is 34.5 Å². The molecule has 4 heteroatoms. The van der Waals surface area contributed by atoms with Crippen molar-refractivity contribution in [3.8, 4) is 0 Å². The lowest BCUT2D eigenvalue weighted by atomic mass is 9.47. The summed E-state index contributed by atoms with van der Waals surface area (Å²) >= 11 is 0. The molecule has 0 unspecified atom stereocenters. The van der Waals surface area contributed by atoms with Crippen molar-refractivity contribution in [1.29, 1.82) is 0 Å². The largest absolute Gasteiger partial charge is 0.414 e. The molecule has 0 aromatic carbocycles. The highest BCUT2D eigenvalue weighted by molar-refractivity contribution is 6.74. The fourth-order valence-electron chi connectivity index (χ4n) is 8.68. The quantitative estimate of drug-likeness (QED) is 0.289. The maximum absolute atomic E-state index is 15.0. The van der Waals surface area contributed by atoms with Crippen LogP contribution in [0.15, 0.2) is 23.0 Å². The summed E-state index contributed by atoms with van der Waals surface area (Å²) in [6.45, 7) is 18.5. The van der Waals surface area contributed by atoms with E-state index in [1.54, 1.807) is 5.57 Å². The van der Waals surface area contributed by atoms with Gasteiger partial charge in [0.05, 0.1) is 6.61 Å². The van der Waals surface area contributed by atoms with Gasteiger partial charge in [0, 0.05) is 6.10 Å². The van der Waals surface area contributed by atoms with Crippen molar-refractivity contribution in [1.82, 2.24) is 0 Å². The Labute approximate surface area is 216 Å². The highest BCUT2D eigenvalue weighted by Crippen LogP contribution is 2.68. The summed E-state index contributed by atoms with van der Waals surface area (Å²) in [6, 6.07) is 0. The molecule has 0 heterocycles. The third kappa shape index (κ3) is 4.67. The first kappa shape index (κ1) is 27.6. The normalized spacial score (nSPS) is 41.1. The zero-order valence-corrected chi connectivity index (χ0v) is 25.0. The number of aliphatic hydroxyl groups is 1. The lowest BCUT2D eigenvalue weighted by molar-refractivity contribution is -0.0419. The van der Waals surface area contributed by atoms with Crippen molar-refractivity contribution in [3.63, 3.8) is 0 Å². The molecule has 0 saturated heterocycles. The van der Waals surface area contributed by atoms with E-state index in [1.807, 2.05) is 0 Å². The summed E-state index contributed by atoms with van der Waals surface area (Å²) in [5.41, 5.74) is 2.83. The molecule has 1 N–H and O–H groups in total. The number of allylic oxidation sites excluding steroid dienone is 2. The van der Waals surface area contributed by atoms with Crippen LogP contribution in [0.4, 0.5) is 4.39 Å². The van der Waals surface area contributed by atoms with E-state index in [1.165, 1.54) is 38.5 Å². The van der Waals surface area contributed by atoms with Gasteiger partial charge in [0.1, 0.15) is 5.83 Å². The molecular weight excluding hydrogens is 451 g/mol. The van der Waals surface area contributed by atoms with E-state index in [9.17, 15) is 9.50 Å². The van der Waals surface area contributed by atoms with E-state index < -0.39 is 14.9 Å². The van der Waals surface area contributed by atoms with E-state index in [0.29, 0.717) is 29.8 Å².